The van der Waals surface area contributed by atoms with Crippen molar-refractivity contribution in [2.45, 2.75) is 20.0 Å². The number of fused-ring (bicyclic) bond motifs is 1. The summed E-state index contributed by atoms with van der Waals surface area (Å²) in [7, 11) is 4.40. The number of methoxy groups -OCH3 is 3. The van der Waals surface area contributed by atoms with Gasteiger partial charge in [0.15, 0.2) is 11.9 Å². The van der Waals surface area contributed by atoms with Gasteiger partial charge in [-0.3, -0.25) is 4.79 Å². The number of carbonyl (C=O) groups excluding carboxylic acids is 2. The molecule has 2 aromatic rings. The predicted molar refractivity (Wildman–Crippen MR) is 106 cm³/mol. The van der Waals surface area contributed by atoms with Crippen molar-refractivity contribution in [3.8, 4) is 23.0 Å². The van der Waals surface area contributed by atoms with Gasteiger partial charge in [-0.05, 0) is 50.3 Å². The second-order valence-electron chi connectivity index (χ2n) is 6.40. The van der Waals surface area contributed by atoms with Gasteiger partial charge in [-0.2, -0.15) is 0 Å². The number of benzene rings is 2. The zero-order valence-electron chi connectivity index (χ0n) is 16.9. The fourth-order valence-corrected chi connectivity index (χ4v) is 2.99. The van der Waals surface area contributed by atoms with E-state index in [9.17, 15) is 9.59 Å². The Morgan fingerprint density at radius 1 is 1.07 bits per heavy atom. The molecule has 1 atom stereocenters. The quantitative estimate of drug-likeness (QED) is 0.544. The molecule has 2 aromatic carbocycles. The van der Waals surface area contributed by atoms with Gasteiger partial charge in [-0.1, -0.05) is 0 Å². The third kappa shape index (κ3) is 3.89. The Bertz CT molecular complexity index is 991. The number of ketones is 1. The molecule has 0 fully saturated rings. The second kappa shape index (κ2) is 8.26. The van der Waals surface area contributed by atoms with Crippen LogP contribution in [0.2, 0.25) is 0 Å². The van der Waals surface area contributed by atoms with Crippen LogP contribution in [0.4, 0.5) is 0 Å². The lowest BCUT2D eigenvalue weighted by Crippen LogP contribution is -2.25. The number of esters is 1. The summed E-state index contributed by atoms with van der Waals surface area (Å²) in [5.74, 6) is 1.47. The number of allylic oxidation sites excluding steroid dienone is 1. The van der Waals surface area contributed by atoms with Gasteiger partial charge in [0.2, 0.25) is 5.78 Å². The van der Waals surface area contributed by atoms with Gasteiger partial charge < -0.3 is 23.7 Å². The SMILES string of the molecule is COC(=O)C(C)Oc1ccc2c(c1C)O/C(=C\c1cc(OC)ccc1OC)C2=O. The Labute approximate surface area is 168 Å². The Balaban J connectivity index is 1.94. The first-order valence-corrected chi connectivity index (χ1v) is 8.94. The topological polar surface area (TPSA) is 80.3 Å². The molecule has 1 heterocycles. The van der Waals surface area contributed by atoms with Crippen molar-refractivity contribution >= 4 is 17.8 Å². The van der Waals surface area contributed by atoms with Crippen LogP contribution in [0.3, 0.4) is 0 Å². The summed E-state index contributed by atoms with van der Waals surface area (Å²) in [5, 5.41) is 0. The summed E-state index contributed by atoms with van der Waals surface area (Å²) in [4.78, 5) is 24.4. The van der Waals surface area contributed by atoms with E-state index in [1.807, 2.05) is 0 Å². The van der Waals surface area contributed by atoms with Gasteiger partial charge in [-0.25, -0.2) is 4.79 Å². The predicted octanol–water partition coefficient (Wildman–Crippen LogP) is 3.57. The highest BCUT2D eigenvalue weighted by molar-refractivity contribution is 6.15. The molecule has 0 saturated carbocycles. The van der Waals surface area contributed by atoms with Crippen LogP contribution in [0.1, 0.15) is 28.4 Å². The normalized spacial score (nSPS) is 14.8. The van der Waals surface area contributed by atoms with Crippen molar-refractivity contribution in [1.29, 1.82) is 0 Å². The highest BCUT2D eigenvalue weighted by Gasteiger charge is 2.31. The van der Waals surface area contributed by atoms with Crippen LogP contribution in [0.5, 0.6) is 23.0 Å². The molecule has 1 aliphatic rings. The van der Waals surface area contributed by atoms with Gasteiger partial charge >= 0.3 is 5.97 Å². The van der Waals surface area contributed by atoms with Crippen molar-refractivity contribution in [2.75, 3.05) is 21.3 Å². The van der Waals surface area contributed by atoms with E-state index in [-0.39, 0.29) is 11.5 Å². The summed E-state index contributed by atoms with van der Waals surface area (Å²) in [6, 6.07) is 8.54. The van der Waals surface area contributed by atoms with Crippen molar-refractivity contribution in [3.05, 3.63) is 52.8 Å². The van der Waals surface area contributed by atoms with Crippen LogP contribution in [0.25, 0.3) is 6.08 Å². The minimum absolute atomic E-state index is 0.160. The van der Waals surface area contributed by atoms with E-state index in [0.717, 1.165) is 0 Å². The molecule has 0 bridgehead atoms. The minimum atomic E-state index is -0.787. The van der Waals surface area contributed by atoms with E-state index in [4.69, 9.17) is 18.9 Å². The standard InChI is InChI=1S/C22H22O7/c1-12-17(28-13(2)22(24)27-5)9-7-16-20(23)19(29-21(12)16)11-14-10-15(25-3)6-8-18(14)26-4/h6-11,13H,1-5H3/b19-11-. The maximum Gasteiger partial charge on any atom is 0.346 e. The lowest BCUT2D eigenvalue weighted by atomic mass is 10.1. The molecule has 0 spiro atoms. The molecule has 1 unspecified atom stereocenters. The van der Waals surface area contributed by atoms with Gasteiger partial charge in [0.05, 0.1) is 26.9 Å². The van der Waals surface area contributed by atoms with Gasteiger partial charge in [0.25, 0.3) is 0 Å². The molecular weight excluding hydrogens is 376 g/mol. The van der Waals surface area contributed by atoms with Crippen LogP contribution in [-0.2, 0) is 9.53 Å². The lowest BCUT2D eigenvalue weighted by molar-refractivity contribution is -0.147. The van der Waals surface area contributed by atoms with E-state index < -0.39 is 12.1 Å². The van der Waals surface area contributed by atoms with E-state index >= 15 is 0 Å². The minimum Gasteiger partial charge on any atom is -0.497 e. The summed E-state index contributed by atoms with van der Waals surface area (Å²) in [6.07, 6.45) is 0.825. The average Bonchev–Trinajstić information content (AvgIpc) is 3.05. The summed E-state index contributed by atoms with van der Waals surface area (Å²) >= 11 is 0. The number of Topliss-reactive ketones (excluding diaryl/α,β-unsaturated/α-hetero) is 1. The Hall–Kier alpha value is -3.48. The smallest absolute Gasteiger partial charge is 0.346 e. The number of rotatable bonds is 6. The maximum absolute atomic E-state index is 12.8. The van der Waals surface area contributed by atoms with Gasteiger partial charge in [0.1, 0.15) is 23.0 Å². The zero-order chi connectivity index (χ0) is 21.1. The van der Waals surface area contributed by atoms with Crippen LogP contribution >= 0.6 is 0 Å². The molecule has 0 N–H and O–H groups in total. The Morgan fingerprint density at radius 3 is 2.45 bits per heavy atom. The molecule has 29 heavy (non-hydrogen) atoms. The number of hydrogen-bond acceptors (Lipinski definition) is 7. The maximum atomic E-state index is 12.8. The van der Waals surface area contributed by atoms with Crippen LogP contribution in [-0.4, -0.2) is 39.2 Å². The molecule has 0 saturated heterocycles. The third-order valence-electron chi connectivity index (χ3n) is 4.60. The fourth-order valence-electron chi connectivity index (χ4n) is 2.99. The lowest BCUT2D eigenvalue weighted by Gasteiger charge is -2.15. The molecule has 0 aliphatic carbocycles. The number of hydrogen-bond donors (Lipinski definition) is 0. The van der Waals surface area contributed by atoms with Crippen molar-refractivity contribution in [3.63, 3.8) is 0 Å². The van der Waals surface area contributed by atoms with Gasteiger partial charge in [0, 0.05) is 11.1 Å². The van der Waals surface area contributed by atoms with E-state index in [2.05, 4.69) is 4.74 Å². The van der Waals surface area contributed by atoms with Crippen molar-refractivity contribution in [1.82, 2.24) is 0 Å². The molecular formula is C22H22O7. The first kappa shape index (κ1) is 20.3. The van der Waals surface area contributed by atoms with E-state index in [1.54, 1.807) is 64.5 Å². The molecule has 3 rings (SSSR count). The molecule has 0 radical (unpaired) electrons. The Morgan fingerprint density at radius 2 is 1.79 bits per heavy atom. The van der Waals surface area contributed by atoms with Crippen LogP contribution in [0, 0.1) is 6.92 Å². The zero-order valence-corrected chi connectivity index (χ0v) is 16.9. The molecule has 0 amide bonds. The van der Waals surface area contributed by atoms with Gasteiger partial charge in [-0.15, -0.1) is 0 Å². The number of carbonyl (C=O) groups is 2. The second-order valence-corrected chi connectivity index (χ2v) is 6.40. The molecule has 7 nitrogen and oxygen atoms in total. The highest BCUT2D eigenvalue weighted by Crippen LogP contribution is 2.40. The molecule has 152 valence electrons. The van der Waals surface area contributed by atoms with Crippen molar-refractivity contribution in [2.24, 2.45) is 0 Å². The van der Waals surface area contributed by atoms with Crippen molar-refractivity contribution < 1.29 is 33.3 Å². The molecule has 1 aliphatic heterocycles. The summed E-state index contributed by atoms with van der Waals surface area (Å²) < 4.78 is 26.8. The first-order chi connectivity index (χ1) is 13.9. The fraction of sp³-hybridized carbons (Fsp3) is 0.273. The van der Waals surface area contributed by atoms with Crippen LogP contribution < -0.4 is 18.9 Å². The Kier molecular flexibility index (Phi) is 5.77. The van der Waals surface area contributed by atoms with E-state index in [1.165, 1.54) is 7.11 Å². The summed E-state index contributed by atoms with van der Waals surface area (Å²) in [5.41, 5.74) is 1.69. The molecule has 0 aromatic heterocycles. The summed E-state index contributed by atoms with van der Waals surface area (Å²) in [6.45, 7) is 3.35. The third-order valence-corrected chi connectivity index (χ3v) is 4.60. The average molecular weight is 398 g/mol. The molecule has 7 heteroatoms. The van der Waals surface area contributed by atoms with E-state index in [0.29, 0.717) is 39.7 Å². The monoisotopic (exact) mass is 398 g/mol. The van der Waals surface area contributed by atoms with Crippen LogP contribution in [0.15, 0.2) is 36.1 Å². The number of ether oxygens (including phenoxy) is 5. The highest BCUT2D eigenvalue weighted by atomic mass is 16.6. The first-order valence-electron chi connectivity index (χ1n) is 8.94. The largest absolute Gasteiger partial charge is 0.497 e.